The number of carbonyl (C=O) groups excluding carboxylic acids is 2. The van der Waals surface area contributed by atoms with E-state index in [4.69, 9.17) is 16.0 Å². The molecule has 0 aliphatic heterocycles. The maximum Gasteiger partial charge on any atom is 0.349 e. The summed E-state index contributed by atoms with van der Waals surface area (Å²) in [5.74, 6) is -0.865. The number of hydrogen-bond acceptors (Lipinski definition) is 4. The van der Waals surface area contributed by atoms with Crippen LogP contribution in [0.25, 0.3) is 11.0 Å². The Bertz CT molecular complexity index is 1040. The average molecular weight is 357 g/mol. The number of fused-ring (bicyclic) bond motifs is 1. The molecule has 0 saturated carbocycles. The van der Waals surface area contributed by atoms with E-state index in [1.54, 1.807) is 36.4 Å². The molecule has 0 radical (unpaired) electrons. The first kappa shape index (κ1) is 16.7. The van der Waals surface area contributed by atoms with Crippen LogP contribution in [-0.4, -0.2) is 11.8 Å². The normalized spacial score (nSPS) is 10.5. The number of amides is 2. The predicted octanol–water partition coefficient (Wildman–Crippen LogP) is 3.66. The smallest absolute Gasteiger partial charge is 0.349 e. The fourth-order valence-electron chi connectivity index (χ4n) is 2.30. The molecule has 0 saturated heterocycles. The van der Waals surface area contributed by atoms with Crippen molar-refractivity contribution >= 4 is 45.8 Å². The Morgan fingerprint density at radius 2 is 1.80 bits per heavy atom. The highest BCUT2D eigenvalue weighted by Crippen LogP contribution is 2.25. The van der Waals surface area contributed by atoms with Crippen molar-refractivity contribution in [1.82, 2.24) is 0 Å². The third-order valence-electron chi connectivity index (χ3n) is 3.42. The summed E-state index contributed by atoms with van der Waals surface area (Å²) in [7, 11) is 0. The quantitative estimate of drug-likeness (QED) is 0.701. The van der Waals surface area contributed by atoms with Gasteiger partial charge in [0.1, 0.15) is 11.1 Å². The monoisotopic (exact) mass is 356 g/mol. The molecule has 25 heavy (non-hydrogen) atoms. The highest BCUT2D eigenvalue weighted by Gasteiger charge is 2.14. The summed E-state index contributed by atoms with van der Waals surface area (Å²) in [6.07, 6.45) is 0. The van der Waals surface area contributed by atoms with Crippen LogP contribution in [0.3, 0.4) is 0 Å². The van der Waals surface area contributed by atoms with E-state index in [0.717, 1.165) is 0 Å². The molecule has 2 N–H and O–H groups in total. The van der Waals surface area contributed by atoms with Gasteiger partial charge in [0, 0.05) is 18.0 Å². The molecule has 3 rings (SSSR count). The Kier molecular flexibility index (Phi) is 4.54. The Morgan fingerprint density at radius 1 is 1.04 bits per heavy atom. The summed E-state index contributed by atoms with van der Waals surface area (Å²) in [5, 5.41) is 6.06. The number of para-hydroxylation sites is 1. The van der Waals surface area contributed by atoms with Gasteiger partial charge in [-0.15, -0.1) is 0 Å². The van der Waals surface area contributed by atoms with Crippen LogP contribution in [0.1, 0.15) is 17.3 Å². The van der Waals surface area contributed by atoms with Crippen molar-refractivity contribution in [3.63, 3.8) is 0 Å². The molecule has 6 nitrogen and oxygen atoms in total. The van der Waals surface area contributed by atoms with Crippen LogP contribution < -0.4 is 16.3 Å². The maximum absolute atomic E-state index is 12.4. The van der Waals surface area contributed by atoms with Crippen LogP contribution in [0, 0.1) is 0 Å². The zero-order valence-corrected chi connectivity index (χ0v) is 13.9. The zero-order valence-electron chi connectivity index (χ0n) is 13.1. The lowest BCUT2D eigenvalue weighted by molar-refractivity contribution is -0.114. The van der Waals surface area contributed by atoms with Crippen molar-refractivity contribution in [3.8, 4) is 0 Å². The Balaban J connectivity index is 1.87. The van der Waals surface area contributed by atoms with E-state index in [1.165, 1.54) is 19.1 Å². The van der Waals surface area contributed by atoms with Crippen molar-refractivity contribution in [2.45, 2.75) is 6.92 Å². The molecular formula is C18H13ClN2O4. The summed E-state index contributed by atoms with van der Waals surface area (Å²) in [4.78, 5) is 35.4. The van der Waals surface area contributed by atoms with Gasteiger partial charge in [0.05, 0.1) is 10.7 Å². The van der Waals surface area contributed by atoms with Crippen molar-refractivity contribution in [2.75, 3.05) is 10.6 Å². The summed E-state index contributed by atoms with van der Waals surface area (Å²) < 4.78 is 5.15. The second-order valence-corrected chi connectivity index (χ2v) is 5.72. The van der Waals surface area contributed by atoms with Crippen molar-refractivity contribution < 1.29 is 14.0 Å². The van der Waals surface area contributed by atoms with E-state index in [9.17, 15) is 14.4 Å². The third kappa shape index (κ3) is 3.70. The van der Waals surface area contributed by atoms with E-state index in [0.29, 0.717) is 22.3 Å². The van der Waals surface area contributed by atoms with Crippen LogP contribution >= 0.6 is 11.6 Å². The van der Waals surface area contributed by atoms with E-state index < -0.39 is 11.5 Å². The fourth-order valence-corrected chi connectivity index (χ4v) is 2.53. The Labute approximate surface area is 147 Å². The van der Waals surface area contributed by atoms with Crippen LogP contribution in [0.15, 0.2) is 57.7 Å². The van der Waals surface area contributed by atoms with Crippen molar-refractivity contribution in [2.24, 2.45) is 0 Å². The minimum absolute atomic E-state index is 0.110. The summed E-state index contributed by atoms with van der Waals surface area (Å²) >= 11 is 6.07. The average Bonchev–Trinajstić information content (AvgIpc) is 2.56. The summed E-state index contributed by atoms with van der Waals surface area (Å²) in [5.41, 5.74) is 0.388. The molecule has 0 fully saturated rings. The van der Waals surface area contributed by atoms with Gasteiger partial charge < -0.3 is 15.1 Å². The number of anilines is 2. The van der Waals surface area contributed by atoms with Gasteiger partial charge in [-0.2, -0.15) is 0 Å². The van der Waals surface area contributed by atoms with Gasteiger partial charge in [0.15, 0.2) is 0 Å². The van der Waals surface area contributed by atoms with Crippen LogP contribution in [0.2, 0.25) is 5.02 Å². The molecule has 126 valence electrons. The molecule has 0 atom stereocenters. The second kappa shape index (κ2) is 6.78. The Morgan fingerprint density at radius 3 is 2.52 bits per heavy atom. The largest absolute Gasteiger partial charge is 0.422 e. The van der Waals surface area contributed by atoms with Gasteiger partial charge in [-0.1, -0.05) is 29.8 Å². The lowest BCUT2D eigenvalue weighted by Gasteiger charge is -2.09. The van der Waals surface area contributed by atoms with E-state index >= 15 is 0 Å². The second-order valence-electron chi connectivity index (χ2n) is 5.32. The lowest BCUT2D eigenvalue weighted by atomic mass is 10.1. The number of hydrogen-bond donors (Lipinski definition) is 2. The van der Waals surface area contributed by atoms with Gasteiger partial charge in [-0.25, -0.2) is 4.79 Å². The first-order valence-electron chi connectivity index (χ1n) is 7.35. The number of halogens is 1. The summed E-state index contributed by atoms with van der Waals surface area (Å²) in [6, 6.07) is 13.0. The molecule has 0 unspecified atom stereocenters. The van der Waals surface area contributed by atoms with Crippen molar-refractivity contribution in [3.05, 3.63) is 69.5 Å². The molecular weight excluding hydrogens is 344 g/mol. The zero-order chi connectivity index (χ0) is 18.0. The molecule has 3 aromatic rings. The molecule has 2 aromatic carbocycles. The van der Waals surface area contributed by atoms with E-state index in [2.05, 4.69) is 10.6 Å². The molecule has 7 heteroatoms. The highest BCUT2D eigenvalue weighted by atomic mass is 35.5. The molecule has 0 aliphatic carbocycles. The van der Waals surface area contributed by atoms with Crippen LogP contribution in [0.4, 0.5) is 11.4 Å². The number of carbonyl (C=O) groups is 2. The Hall–Kier alpha value is -3.12. The van der Waals surface area contributed by atoms with Crippen LogP contribution in [-0.2, 0) is 4.79 Å². The number of nitrogens with one attached hydrogen (secondary N) is 2. The molecule has 0 spiro atoms. The third-order valence-corrected chi connectivity index (χ3v) is 3.74. The van der Waals surface area contributed by atoms with Gasteiger partial charge in [-0.05, 0) is 30.3 Å². The van der Waals surface area contributed by atoms with E-state index in [-0.39, 0.29) is 16.5 Å². The van der Waals surface area contributed by atoms with Gasteiger partial charge in [0.2, 0.25) is 5.91 Å². The van der Waals surface area contributed by atoms with Gasteiger partial charge in [-0.3, -0.25) is 9.59 Å². The molecule has 2 amide bonds. The highest BCUT2D eigenvalue weighted by molar-refractivity contribution is 6.34. The van der Waals surface area contributed by atoms with E-state index in [1.807, 2.05) is 0 Å². The van der Waals surface area contributed by atoms with Crippen LogP contribution in [0.5, 0.6) is 0 Å². The summed E-state index contributed by atoms with van der Waals surface area (Å²) in [6.45, 7) is 1.37. The minimum Gasteiger partial charge on any atom is -0.422 e. The number of rotatable bonds is 3. The first-order valence-corrected chi connectivity index (χ1v) is 7.73. The predicted molar refractivity (Wildman–Crippen MR) is 96.2 cm³/mol. The number of benzene rings is 2. The molecule has 0 bridgehead atoms. The first-order chi connectivity index (χ1) is 11.9. The molecule has 1 aromatic heterocycles. The lowest BCUT2D eigenvalue weighted by Crippen LogP contribution is -2.20. The van der Waals surface area contributed by atoms with Crippen molar-refractivity contribution in [1.29, 1.82) is 0 Å². The minimum atomic E-state index is -0.725. The molecule has 1 heterocycles. The maximum atomic E-state index is 12.4. The molecule has 0 aliphatic rings. The standard InChI is InChI=1S/C18H13ClN2O4/c1-10(22)20-15-7-6-12(9-14(15)19)21-17(23)13-8-11-4-2-3-5-16(11)25-18(13)24/h2-9H,1H3,(H,20,22)(H,21,23). The topological polar surface area (TPSA) is 88.4 Å². The SMILES string of the molecule is CC(=O)Nc1ccc(NC(=O)c2cc3ccccc3oc2=O)cc1Cl. The van der Waals surface area contributed by atoms with Gasteiger partial charge >= 0.3 is 5.63 Å². The van der Waals surface area contributed by atoms with Gasteiger partial charge in [0.25, 0.3) is 5.91 Å². The fraction of sp³-hybridized carbons (Fsp3) is 0.0556.